The quantitative estimate of drug-likeness (QED) is 0.309. The molecule has 0 spiro atoms. The summed E-state index contributed by atoms with van der Waals surface area (Å²) < 4.78 is 45.2. The van der Waals surface area contributed by atoms with Crippen molar-refractivity contribution in [1.82, 2.24) is 24.5 Å². The standard InChI is InChI=1S/C27H20F3N5O2/c1-17-14-19(22-8-3-4-12-31-22)9-10-23(17)34-13-11-25(36)26(33-34)24-15-18(2)32-35(24)20-6-5-7-21(16-20)37-27(28,29)30/h3-16H,1-2H3. The minimum absolute atomic E-state index is 0.0958. The number of nitrogens with zero attached hydrogens (tertiary/aromatic N) is 5. The van der Waals surface area contributed by atoms with E-state index in [1.807, 2.05) is 43.3 Å². The van der Waals surface area contributed by atoms with Gasteiger partial charge in [-0.05, 0) is 61.9 Å². The van der Waals surface area contributed by atoms with Crippen molar-refractivity contribution in [2.75, 3.05) is 0 Å². The van der Waals surface area contributed by atoms with Crippen LogP contribution in [-0.4, -0.2) is 30.9 Å². The van der Waals surface area contributed by atoms with Crippen LogP contribution in [0, 0.1) is 13.8 Å². The topological polar surface area (TPSA) is 74.8 Å². The zero-order chi connectivity index (χ0) is 26.2. The number of ether oxygens (including phenoxy) is 1. The number of aromatic nitrogens is 5. The first-order chi connectivity index (χ1) is 17.7. The predicted molar refractivity (Wildman–Crippen MR) is 132 cm³/mol. The second kappa shape index (κ2) is 9.38. The lowest BCUT2D eigenvalue weighted by Gasteiger charge is -2.13. The first-order valence-electron chi connectivity index (χ1n) is 11.2. The lowest BCUT2D eigenvalue weighted by Crippen LogP contribution is -2.17. The van der Waals surface area contributed by atoms with Gasteiger partial charge in [-0.3, -0.25) is 9.78 Å². The predicted octanol–water partition coefficient (Wildman–Crippen LogP) is 5.66. The maximum Gasteiger partial charge on any atom is 0.573 e. The Morgan fingerprint density at radius 2 is 1.73 bits per heavy atom. The van der Waals surface area contributed by atoms with E-state index < -0.39 is 12.1 Å². The molecule has 0 fully saturated rings. The Bertz CT molecular complexity index is 1640. The SMILES string of the molecule is Cc1cc(-c2nn(-c3ccc(-c4ccccn4)cc3C)ccc2=O)n(-c2cccc(OC(F)(F)F)c2)n1. The van der Waals surface area contributed by atoms with Crippen molar-refractivity contribution >= 4 is 0 Å². The second-order valence-electron chi connectivity index (χ2n) is 8.32. The monoisotopic (exact) mass is 503 g/mol. The van der Waals surface area contributed by atoms with Crippen LogP contribution in [0.2, 0.25) is 0 Å². The largest absolute Gasteiger partial charge is 0.573 e. The highest BCUT2D eigenvalue weighted by Crippen LogP contribution is 2.27. The minimum Gasteiger partial charge on any atom is -0.406 e. The van der Waals surface area contributed by atoms with Gasteiger partial charge >= 0.3 is 6.36 Å². The number of pyridine rings is 1. The van der Waals surface area contributed by atoms with Crippen LogP contribution < -0.4 is 10.2 Å². The molecule has 3 aromatic heterocycles. The van der Waals surface area contributed by atoms with Gasteiger partial charge in [0.1, 0.15) is 5.75 Å². The molecule has 5 aromatic rings. The molecular weight excluding hydrogens is 483 g/mol. The molecule has 0 aliphatic carbocycles. The molecule has 0 saturated heterocycles. The summed E-state index contributed by atoms with van der Waals surface area (Å²) in [6.07, 6.45) is -1.54. The fourth-order valence-corrected chi connectivity index (χ4v) is 4.00. The van der Waals surface area contributed by atoms with Crippen LogP contribution in [0.15, 0.2) is 90.0 Å². The van der Waals surface area contributed by atoms with E-state index in [0.29, 0.717) is 11.4 Å². The van der Waals surface area contributed by atoms with E-state index in [1.54, 1.807) is 36.1 Å². The molecule has 0 saturated carbocycles. The van der Waals surface area contributed by atoms with Gasteiger partial charge in [0.2, 0.25) is 5.43 Å². The third kappa shape index (κ3) is 5.13. The zero-order valence-electron chi connectivity index (χ0n) is 19.8. The molecule has 7 nitrogen and oxygen atoms in total. The van der Waals surface area contributed by atoms with Crippen molar-refractivity contribution < 1.29 is 17.9 Å². The summed E-state index contributed by atoms with van der Waals surface area (Å²) in [7, 11) is 0. The lowest BCUT2D eigenvalue weighted by atomic mass is 10.1. The fraction of sp³-hybridized carbons (Fsp3) is 0.111. The average molecular weight is 503 g/mol. The minimum atomic E-state index is -4.83. The summed E-state index contributed by atoms with van der Waals surface area (Å²) in [4.78, 5) is 17.3. The number of alkyl halides is 3. The van der Waals surface area contributed by atoms with E-state index in [2.05, 4.69) is 19.9 Å². The highest BCUT2D eigenvalue weighted by atomic mass is 19.4. The van der Waals surface area contributed by atoms with Gasteiger partial charge in [0.25, 0.3) is 0 Å². The summed E-state index contributed by atoms with van der Waals surface area (Å²) in [6.45, 7) is 3.65. The summed E-state index contributed by atoms with van der Waals surface area (Å²) in [5.41, 5.74) is 4.36. The second-order valence-corrected chi connectivity index (χ2v) is 8.32. The Balaban J connectivity index is 1.56. The van der Waals surface area contributed by atoms with Crippen LogP contribution in [0.1, 0.15) is 11.3 Å². The normalized spacial score (nSPS) is 11.5. The summed E-state index contributed by atoms with van der Waals surface area (Å²) in [5.74, 6) is -0.397. The molecule has 0 amide bonds. The van der Waals surface area contributed by atoms with E-state index in [0.717, 1.165) is 22.5 Å². The van der Waals surface area contributed by atoms with Gasteiger partial charge in [0.15, 0.2) is 5.69 Å². The van der Waals surface area contributed by atoms with Gasteiger partial charge in [0, 0.05) is 30.1 Å². The van der Waals surface area contributed by atoms with Crippen LogP contribution in [0.3, 0.4) is 0 Å². The van der Waals surface area contributed by atoms with E-state index in [-0.39, 0.29) is 16.8 Å². The van der Waals surface area contributed by atoms with Crippen LogP contribution >= 0.6 is 0 Å². The molecule has 37 heavy (non-hydrogen) atoms. The molecule has 0 N–H and O–H groups in total. The number of hydrogen-bond donors (Lipinski definition) is 0. The number of rotatable bonds is 5. The summed E-state index contributed by atoms with van der Waals surface area (Å²) in [6, 6.07) is 19.9. The average Bonchev–Trinajstić information content (AvgIpc) is 3.25. The Morgan fingerprint density at radius 1 is 0.892 bits per heavy atom. The van der Waals surface area contributed by atoms with Crippen molar-refractivity contribution in [3.05, 3.63) is 107 Å². The van der Waals surface area contributed by atoms with Crippen LogP contribution in [0.25, 0.3) is 34.0 Å². The first kappa shape index (κ1) is 24.0. The van der Waals surface area contributed by atoms with E-state index >= 15 is 0 Å². The van der Waals surface area contributed by atoms with Crippen LogP contribution in [0.4, 0.5) is 13.2 Å². The van der Waals surface area contributed by atoms with E-state index in [4.69, 9.17) is 0 Å². The smallest absolute Gasteiger partial charge is 0.406 e. The number of aryl methyl sites for hydroxylation is 2. The number of benzene rings is 2. The van der Waals surface area contributed by atoms with Gasteiger partial charge in [0.05, 0.1) is 28.5 Å². The molecular formula is C27H20F3N5O2. The molecule has 2 aromatic carbocycles. The maximum atomic E-state index is 12.9. The number of halogens is 3. The van der Waals surface area contributed by atoms with Crippen molar-refractivity contribution in [2.24, 2.45) is 0 Å². The third-order valence-corrected chi connectivity index (χ3v) is 5.58. The van der Waals surface area contributed by atoms with Gasteiger partial charge in [-0.15, -0.1) is 13.2 Å². The Labute approximate surface area is 209 Å². The molecule has 0 aliphatic rings. The highest BCUT2D eigenvalue weighted by Gasteiger charge is 2.31. The highest BCUT2D eigenvalue weighted by molar-refractivity contribution is 5.63. The summed E-state index contributed by atoms with van der Waals surface area (Å²) >= 11 is 0. The van der Waals surface area contributed by atoms with Crippen molar-refractivity contribution in [2.45, 2.75) is 20.2 Å². The van der Waals surface area contributed by atoms with Crippen molar-refractivity contribution in [1.29, 1.82) is 0 Å². The van der Waals surface area contributed by atoms with E-state index in [1.165, 1.54) is 28.9 Å². The Kier molecular flexibility index (Phi) is 6.08. The molecule has 3 heterocycles. The molecule has 5 rings (SSSR count). The number of hydrogen-bond acceptors (Lipinski definition) is 5. The summed E-state index contributed by atoms with van der Waals surface area (Å²) in [5, 5.41) is 8.96. The Morgan fingerprint density at radius 3 is 2.46 bits per heavy atom. The fourth-order valence-electron chi connectivity index (χ4n) is 4.00. The molecule has 0 bridgehead atoms. The van der Waals surface area contributed by atoms with Gasteiger partial charge in [-0.1, -0.05) is 18.2 Å². The van der Waals surface area contributed by atoms with Crippen LogP contribution in [0.5, 0.6) is 5.75 Å². The van der Waals surface area contributed by atoms with Gasteiger partial charge in [-0.2, -0.15) is 10.2 Å². The van der Waals surface area contributed by atoms with Crippen molar-refractivity contribution in [3.8, 4) is 39.8 Å². The first-order valence-corrected chi connectivity index (χ1v) is 11.2. The molecule has 0 aliphatic heterocycles. The van der Waals surface area contributed by atoms with Crippen molar-refractivity contribution in [3.63, 3.8) is 0 Å². The Hall–Kier alpha value is -4.73. The van der Waals surface area contributed by atoms with E-state index in [9.17, 15) is 18.0 Å². The third-order valence-electron chi connectivity index (χ3n) is 5.58. The lowest BCUT2D eigenvalue weighted by molar-refractivity contribution is -0.274. The maximum absolute atomic E-state index is 12.9. The molecule has 0 unspecified atom stereocenters. The molecule has 0 radical (unpaired) electrons. The van der Waals surface area contributed by atoms with Gasteiger partial charge < -0.3 is 4.74 Å². The zero-order valence-corrected chi connectivity index (χ0v) is 19.8. The molecule has 186 valence electrons. The van der Waals surface area contributed by atoms with Gasteiger partial charge in [-0.25, -0.2) is 9.36 Å². The van der Waals surface area contributed by atoms with Crippen LogP contribution in [-0.2, 0) is 0 Å². The molecule has 10 heteroatoms. The molecule has 0 atom stereocenters.